The number of anilines is 1. The Kier molecular flexibility index (Phi) is 8.12. The highest BCUT2D eigenvalue weighted by molar-refractivity contribution is 14.1. The Bertz CT molecular complexity index is 1330. The van der Waals surface area contributed by atoms with Gasteiger partial charge in [-0.15, -0.1) is 0 Å². The molecule has 4 rings (SSSR count). The molecule has 0 aliphatic carbocycles. The first kappa shape index (κ1) is 25.6. The minimum absolute atomic E-state index is 0.125. The lowest BCUT2D eigenvalue weighted by atomic mass is 10.1. The molecule has 0 atom stereocenters. The van der Waals surface area contributed by atoms with Crippen LogP contribution in [0.2, 0.25) is 5.02 Å². The van der Waals surface area contributed by atoms with E-state index in [2.05, 4.69) is 50.5 Å². The highest BCUT2D eigenvalue weighted by atomic mass is 127. The smallest absolute Gasteiger partial charge is 0.335 e. The molecule has 1 aliphatic rings. The molecule has 4 amide bonds. The van der Waals surface area contributed by atoms with Crippen LogP contribution in [0.25, 0.3) is 6.08 Å². The molecular weight excluding hydrogens is 694 g/mol. The van der Waals surface area contributed by atoms with Gasteiger partial charge in [0.25, 0.3) is 11.8 Å². The van der Waals surface area contributed by atoms with E-state index < -0.39 is 17.8 Å². The fourth-order valence-corrected chi connectivity index (χ4v) is 5.82. The number of nitrogens with one attached hydrogen (secondary N) is 1. The van der Waals surface area contributed by atoms with Crippen LogP contribution in [-0.4, -0.2) is 17.8 Å². The number of ether oxygens (including phenoxy) is 1. The van der Waals surface area contributed by atoms with Gasteiger partial charge in [-0.2, -0.15) is 0 Å². The van der Waals surface area contributed by atoms with Crippen molar-refractivity contribution in [1.29, 1.82) is 0 Å². The van der Waals surface area contributed by atoms with Gasteiger partial charge in [0.15, 0.2) is 0 Å². The van der Waals surface area contributed by atoms with E-state index in [0.717, 1.165) is 29.6 Å². The van der Waals surface area contributed by atoms with E-state index in [1.165, 1.54) is 6.08 Å². The number of urea groups is 1. The SMILES string of the molecule is CCc1ccc(N2C(=O)NC(=O)/C(=C/c3cc(I)c(OCc4ccccc4Cl)c(I)c3)C2=O)cc1. The van der Waals surface area contributed by atoms with Crippen molar-refractivity contribution in [2.75, 3.05) is 4.90 Å². The molecule has 6 nitrogen and oxygen atoms in total. The summed E-state index contributed by atoms with van der Waals surface area (Å²) in [7, 11) is 0. The van der Waals surface area contributed by atoms with E-state index in [4.69, 9.17) is 16.3 Å². The third-order valence-electron chi connectivity index (χ3n) is 5.37. The summed E-state index contributed by atoms with van der Waals surface area (Å²) in [6.45, 7) is 2.32. The first-order valence-corrected chi connectivity index (χ1v) is 13.2. The molecule has 0 bridgehead atoms. The van der Waals surface area contributed by atoms with Gasteiger partial charge in [0.1, 0.15) is 17.9 Å². The number of hydrogen-bond acceptors (Lipinski definition) is 4. The number of hydrogen-bond donors (Lipinski definition) is 1. The zero-order valence-electron chi connectivity index (χ0n) is 18.5. The number of rotatable bonds is 6. The molecule has 1 aliphatic heterocycles. The van der Waals surface area contributed by atoms with E-state index in [0.29, 0.717) is 28.6 Å². The summed E-state index contributed by atoms with van der Waals surface area (Å²) in [5.74, 6) is -0.724. The number of benzene rings is 3. The van der Waals surface area contributed by atoms with Crippen molar-refractivity contribution in [2.24, 2.45) is 0 Å². The zero-order valence-corrected chi connectivity index (χ0v) is 23.6. The number of carbonyl (C=O) groups excluding carboxylic acids is 3. The molecule has 35 heavy (non-hydrogen) atoms. The van der Waals surface area contributed by atoms with Crippen molar-refractivity contribution in [3.05, 3.63) is 95.1 Å². The molecule has 1 fully saturated rings. The van der Waals surface area contributed by atoms with Crippen LogP contribution in [0.15, 0.2) is 66.2 Å². The number of amides is 4. The summed E-state index contributed by atoms with van der Waals surface area (Å²) in [6.07, 6.45) is 2.32. The Balaban J connectivity index is 1.60. The quantitative estimate of drug-likeness (QED) is 0.184. The monoisotopic (exact) mass is 712 g/mol. The Hall–Kier alpha value is -2.44. The highest BCUT2D eigenvalue weighted by Crippen LogP contribution is 2.32. The molecular formula is C26H19ClI2N2O4. The minimum Gasteiger partial charge on any atom is -0.487 e. The molecule has 3 aromatic carbocycles. The van der Waals surface area contributed by atoms with Crippen molar-refractivity contribution >= 4 is 86.4 Å². The fraction of sp³-hybridized carbons (Fsp3) is 0.115. The van der Waals surface area contributed by atoms with E-state index >= 15 is 0 Å². The van der Waals surface area contributed by atoms with Crippen LogP contribution in [0.1, 0.15) is 23.6 Å². The largest absolute Gasteiger partial charge is 0.487 e. The average molecular weight is 713 g/mol. The Morgan fingerprint density at radius 1 is 1.00 bits per heavy atom. The first-order chi connectivity index (χ1) is 16.8. The topological polar surface area (TPSA) is 75.7 Å². The molecule has 0 aromatic heterocycles. The van der Waals surface area contributed by atoms with Gasteiger partial charge in [-0.05, 0) is 99.1 Å². The van der Waals surface area contributed by atoms with Gasteiger partial charge in [0.2, 0.25) is 0 Å². The van der Waals surface area contributed by atoms with Gasteiger partial charge >= 0.3 is 6.03 Å². The summed E-state index contributed by atoms with van der Waals surface area (Å²) < 4.78 is 7.62. The van der Waals surface area contributed by atoms with Crippen molar-refractivity contribution in [1.82, 2.24) is 5.32 Å². The fourth-order valence-electron chi connectivity index (χ4n) is 3.51. The lowest BCUT2D eigenvalue weighted by Crippen LogP contribution is -2.54. The summed E-state index contributed by atoms with van der Waals surface area (Å²) >= 11 is 10.5. The Morgan fingerprint density at radius 3 is 2.29 bits per heavy atom. The lowest BCUT2D eigenvalue weighted by molar-refractivity contribution is -0.122. The van der Waals surface area contributed by atoms with Crippen LogP contribution < -0.4 is 15.0 Å². The zero-order chi connectivity index (χ0) is 25.1. The predicted octanol–water partition coefficient (Wildman–Crippen LogP) is 6.36. The molecule has 0 unspecified atom stereocenters. The van der Waals surface area contributed by atoms with Crippen LogP contribution in [0.5, 0.6) is 5.75 Å². The Morgan fingerprint density at radius 2 is 1.66 bits per heavy atom. The van der Waals surface area contributed by atoms with Crippen LogP contribution in [-0.2, 0) is 22.6 Å². The standard InChI is InChI=1S/C26H19ClI2N2O4/c1-2-15-7-9-18(10-8-15)31-25(33)19(24(32)30-26(31)34)11-16-12-21(28)23(22(29)13-16)35-14-17-5-3-4-6-20(17)27/h3-13H,2,14H2,1H3,(H,30,32,34)/b19-11-. The van der Waals surface area contributed by atoms with E-state index in [9.17, 15) is 14.4 Å². The third kappa shape index (κ3) is 5.70. The van der Waals surface area contributed by atoms with E-state index in [1.54, 1.807) is 12.1 Å². The van der Waals surface area contributed by atoms with E-state index in [1.807, 2.05) is 55.5 Å². The summed E-state index contributed by atoms with van der Waals surface area (Å²) in [5, 5.41) is 2.89. The second-order valence-electron chi connectivity index (χ2n) is 7.67. The second-order valence-corrected chi connectivity index (χ2v) is 10.4. The van der Waals surface area contributed by atoms with Gasteiger partial charge in [-0.1, -0.05) is 48.9 Å². The van der Waals surface area contributed by atoms with Crippen molar-refractivity contribution in [3.8, 4) is 5.75 Å². The molecule has 0 saturated carbocycles. The van der Waals surface area contributed by atoms with Crippen LogP contribution in [0.4, 0.5) is 10.5 Å². The molecule has 0 radical (unpaired) electrons. The van der Waals surface area contributed by atoms with Crippen molar-refractivity contribution < 1.29 is 19.1 Å². The van der Waals surface area contributed by atoms with Crippen LogP contribution in [0.3, 0.4) is 0 Å². The molecule has 0 spiro atoms. The number of nitrogens with zero attached hydrogens (tertiary/aromatic N) is 1. The molecule has 178 valence electrons. The number of halogens is 3. The molecule has 1 heterocycles. The van der Waals surface area contributed by atoms with Gasteiger partial charge in [-0.25, -0.2) is 9.69 Å². The Labute approximate surface area is 235 Å². The molecule has 1 saturated heterocycles. The lowest BCUT2D eigenvalue weighted by Gasteiger charge is -2.26. The number of imide groups is 2. The molecule has 1 N–H and O–H groups in total. The van der Waals surface area contributed by atoms with Crippen LogP contribution >= 0.6 is 56.8 Å². The summed E-state index contributed by atoms with van der Waals surface area (Å²) in [4.78, 5) is 39.1. The maximum Gasteiger partial charge on any atom is 0.335 e. The maximum atomic E-state index is 13.2. The van der Waals surface area contributed by atoms with Crippen molar-refractivity contribution in [3.63, 3.8) is 0 Å². The van der Waals surface area contributed by atoms with Gasteiger partial charge in [0.05, 0.1) is 12.8 Å². The number of barbiturate groups is 1. The third-order valence-corrected chi connectivity index (χ3v) is 7.34. The number of aryl methyl sites for hydroxylation is 1. The van der Waals surface area contributed by atoms with Gasteiger partial charge in [0, 0.05) is 10.6 Å². The van der Waals surface area contributed by atoms with Gasteiger partial charge < -0.3 is 4.74 Å². The first-order valence-electron chi connectivity index (χ1n) is 10.6. The summed E-state index contributed by atoms with van der Waals surface area (Å²) in [5.41, 5.74) is 2.86. The van der Waals surface area contributed by atoms with Crippen molar-refractivity contribution in [2.45, 2.75) is 20.0 Å². The maximum absolute atomic E-state index is 13.2. The highest BCUT2D eigenvalue weighted by Gasteiger charge is 2.36. The molecule has 9 heteroatoms. The minimum atomic E-state index is -0.770. The second kappa shape index (κ2) is 11.1. The van der Waals surface area contributed by atoms with Crippen LogP contribution in [0, 0.1) is 7.14 Å². The average Bonchev–Trinajstić information content (AvgIpc) is 2.82. The predicted molar refractivity (Wildman–Crippen MR) is 152 cm³/mol. The summed E-state index contributed by atoms with van der Waals surface area (Å²) in [6, 6.07) is 17.4. The number of carbonyl (C=O) groups is 3. The normalized spacial score (nSPS) is 14.9. The van der Waals surface area contributed by atoms with Gasteiger partial charge in [-0.3, -0.25) is 14.9 Å². The molecule has 3 aromatic rings. The van der Waals surface area contributed by atoms with E-state index in [-0.39, 0.29) is 5.57 Å².